The highest BCUT2D eigenvalue weighted by molar-refractivity contribution is 7.87. The van der Waals surface area contributed by atoms with Crippen molar-refractivity contribution in [2.75, 3.05) is 11.8 Å². The lowest BCUT2D eigenvalue weighted by Crippen LogP contribution is -2.49. The molecule has 2 amide bonds. The SMILES string of the molecule is CCc1nc(C(Cc2ccc(NS(=O)(=O)O)cc2)NC(=O)[C@H](Cc2ccccc2)NC(=O)OC)cs1. The van der Waals surface area contributed by atoms with Gasteiger partial charge in [0.15, 0.2) is 0 Å². The first-order valence-corrected chi connectivity index (χ1v) is 13.5. The van der Waals surface area contributed by atoms with Crippen LogP contribution in [0.1, 0.15) is 34.8 Å². The molecule has 3 aromatic rings. The summed E-state index contributed by atoms with van der Waals surface area (Å²) in [6.45, 7) is 1.99. The number of benzene rings is 2. The first kappa shape index (κ1) is 27.1. The zero-order valence-corrected chi connectivity index (χ0v) is 21.4. The lowest BCUT2D eigenvalue weighted by atomic mass is 10.0. The third-order valence-corrected chi connectivity index (χ3v) is 6.77. The molecule has 4 N–H and O–H groups in total. The quantitative estimate of drug-likeness (QED) is 0.277. The number of aryl methyl sites for hydroxylation is 1. The molecule has 0 fully saturated rings. The minimum atomic E-state index is -4.38. The second-order valence-corrected chi connectivity index (χ2v) is 10.0. The molecule has 0 aliphatic rings. The number of ether oxygens (including phenoxy) is 1. The largest absolute Gasteiger partial charge is 0.453 e. The monoisotopic (exact) mass is 532 g/mol. The summed E-state index contributed by atoms with van der Waals surface area (Å²) in [5, 5.41) is 8.42. The maximum absolute atomic E-state index is 13.3. The molecule has 0 saturated carbocycles. The van der Waals surface area contributed by atoms with E-state index in [2.05, 4.69) is 15.6 Å². The summed E-state index contributed by atoms with van der Waals surface area (Å²) in [5.74, 6) is -0.398. The summed E-state index contributed by atoms with van der Waals surface area (Å²) in [4.78, 5) is 29.9. The highest BCUT2D eigenvalue weighted by Gasteiger charge is 2.26. The summed E-state index contributed by atoms with van der Waals surface area (Å²) in [6.07, 6.45) is 0.663. The predicted octanol–water partition coefficient (Wildman–Crippen LogP) is 3.29. The second-order valence-electron chi connectivity index (χ2n) is 7.94. The summed E-state index contributed by atoms with van der Waals surface area (Å²) >= 11 is 1.49. The Morgan fingerprint density at radius 3 is 2.28 bits per heavy atom. The Labute approximate surface area is 214 Å². The molecule has 10 nitrogen and oxygen atoms in total. The van der Waals surface area contributed by atoms with Crippen molar-refractivity contribution < 1.29 is 27.3 Å². The van der Waals surface area contributed by atoms with Gasteiger partial charge in [-0.15, -0.1) is 11.3 Å². The molecule has 0 bridgehead atoms. The number of hydrogen-bond acceptors (Lipinski definition) is 7. The molecular formula is C24H28N4O6S2. The van der Waals surface area contributed by atoms with Gasteiger partial charge in [-0.05, 0) is 36.1 Å². The van der Waals surface area contributed by atoms with Crippen molar-refractivity contribution in [3.8, 4) is 0 Å². The van der Waals surface area contributed by atoms with Crippen molar-refractivity contribution in [2.45, 2.75) is 38.3 Å². The van der Waals surface area contributed by atoms with Crippen LogP contribution in [0.3, 0.4) is 0 Å². The molecular weight excluding hydrogens is 504 g/mol. The Balaban J connectivity index is 1.82. The number of methoxy groups -OCH3 is 1. The van der Waals surface area contributed by atoms with Crippen LogP contribution in [0, 0.1) is 0 Å². The van der Waals surface area contributed by atoms with Crippen LogP contribution in [0.25, 0.3) is 0 Å². The average Bonchev–Trinajstić information content (AvgIpc) is 3.33. The third kappa shape index (κ3) is 8.33. The predicted molar refractivity (Wildman–Crippen MR) is 137 cm³/mol. The van der Waals surface area contributed by atoms with Crippen LogP contribution < -0.4 is 15.4 Å². The van der Waals surface area contributed by atoms with Crippen molar-refractivity contribution in [2.24, 2.45) is 0 Å². The molecule has 2 atom stereocenters. The fourth-order valence-electron chi connectivity index (χ4n) is 3.50. The molecule has 0 aliphatic heterocycles. The Kier molecular flexibility index (Phi) is 9.39. The molecule has 0 aliphatic carbocycles. The Bertz CT molecular complexity index is 1260. The summed E-state index contributed by atoms with van der Waals surface area (Å²) < 4.78 is 37.8. The van der Waals surface area contributed by atoms with Crippen LogP contribution in [0.5, 0.6) is 0 Å². The number of amides is 2. The van der Waals surface area contributed by atoms with Crippen LogP contribution in [0.2, 0.25) is 0 Å². The third-order valence-electron chi connectivity index (χ3n) is 5.26. The number of rotatable bonds is 11. The molecule has 1 aromatic heterocycles. The normalized spacial score (nSPS) is 12.9. The average molecular weight is 533 g/mol. The van der Waals surface area contributed by atoms with Crippen LogP contribution in [-0.4, -0.2) is 43.1 Å². The summed E-state index contributed by atoms with van der Waals surface area (Å²) in [5.41, 5.74) is 2.55. The minimum absolute atomic E-state index is 0.203. The molecule has 0 radical (unpaired) electrons. The molecule has 192 valence electrons. The van der Waals surface area contributed by atoms with E-state index in [-0.39, 0.29) is 12.1 Å². The molecule has 1 heterocycles. The van der Waals surface area contributed by atoms with Crippen molar-refractivity contribution >= 4 is 39.3 Å². The molecule has 1 unspecified atom stereocenters. The topological polar surface area (TPSA) is 147 Å². The van der Waals surface area contributed by atoms with Crippen LogP contribution in [-0.2, 0) is 39.1 Å². The maximum atomic E-state index is 13.3. The van der Waals surface area contributed by atoms with E-state index in [1.165, 1.54) is 30.6 Å². The van der Waals surface area contributed by atoms with Crippen molar-refractivity contribution in [3.05, 3.63) is 81.8 Å². The number of nitrogens with zero attached hydrogens (tertiary/aromatic N) is 1. The van der Waals surface area contributed by atoms with E-state index in [9.17, 15) is 18.0 Å². The number of anilines is 1. The Morgan fingerprint density at radius 1 is 1.03 bits per heavy atom. The number of carbonyl (C=O) groups excluding carboxylic acids is 2. The fraction of sp³-hybridized carbons (Fsp3) is 0.292. The van der Waals surface area contributed by atoms with E-state index >= 15 is 0 Å². The van der Waals surface area contributed by atoms with E-state index in [4.69, 9.17) is 9.29 Å². The van der Waals surface area contributed by atoms with Crippen LogP contribution in [0.4, 0.5) is 10.5 Å². The molecule has 12 heteroatoms. The highest BCUT2D eigenvalue weighted by Crippen LogP contribution is 2.23. The first-order valence-electron chi connectivity index (χ1n) is 11.1. The van der Waals surface area contributed by atoms with Crippen molar-refractivity contribution in [3.63, 3.8) is 0 Å². The standard InChI is InChI=1S/C24H28N4O6S2/c1-3-22-25-21(15-35-22)19(13-17-9-11-18(12-10-17)28-36(31,32)33)26-23(29)20(27-24(30)34-2)14-16-7-5-4-6-8-16/h4-12,15,19-20,28H,3,13-14H2,1-2H3,(H,26,29)(H,27,30)(H,31,32,33)/t19?,20-/m0/s1. The van der Waals surface area contributed by atoms with Gasteiger partial charge in [0.25, 0.3) is 0 Å². The van der Waals surface area contributed by atoms with Crippen molar-refractivity contribution in [1.29, 1.82) is 0 Å². The van der Waals surface area contributed by atoms with Gasteiger partial charge >= 0.3 is 16.4 Å². The molecule has 0 saturated heterocycles. The van der Waals surface area contributed by atoms with E-state index in [0.717, 1.165) is 22.6 Å². The smallest absolute Gasteiger partial charge is 0.407 e. The molecule has 36 heavy (non-hydrogen) atoms. The number of carbonyl (C=O) groups is 2. The molecule has 0 spiro atoms. The van der Waals surface area contributed by atoms with Crippen molar-refractivity contribution in [1.82, 2.24) is 15.6 Å². The lowest BCUT2D eigenvalue weighted by molar-refractivity contribution is -0.123. The number of thiazole rings is 1. The highest BCUT2D eigenvalue weighted by atomic mass is 32.2. The number of hydrogen-bond donors (Lipinski definition) is 4. The van der Waals surface area contributed by atoms with Gasteiger partial charge < -0.3 is 15.4 Å². The van der Waals surface area contributed by atoms with Crippen LogP contribution >= 0.6 is 11.3 Å². The zero-order chi connectivity index (χ0) is 26.1. The fourth-order valence-corrected chi connectivity index (χ4v) is 4.74. The van der Waals surface area contributed by atoms with Gasteiger partial charge in [-0.1, -0.05) is 49.4 Å². The van der Waals surface area contributed by atoms with Gasteiger partial charge in [-0.3, -0.25) is 14.1 Å². The van der Waals surface area contributed by atoms with Gasteiger partial charge in [0.2, 0.25) is 5.91 Å². The van der Waals surface area contributed by atoms with Gasteiger partial charge in [-0.2, -0.15) is 8.42 Å². The zero-order valence-electron chi connectivity index (χ0n) is 19.8. The van der Waals surface area contributed by atoms with Gasteiger partial charge in [0, 0.05) is 11.8 Å². The minimum Gasteiger partial charge on any atom is -0.453 e. The number of aromatic nitrogens is 1. The van der Waals surface area contributed by atoms with E-state index in [0.29, 0.717) is 12.1 Å². The van der Waals surface area contributed by atoms with Gasteiger partial charge in [0.1, 0.15) is 6.04 Å². The Hall–Kier alpha value is -3.48. The van der Waals surface area contributed by atoms with E-state index in [1.54, 1.807) is 12.1 Å². The number of alkyl carbamates (subject to hydrolysis) is 1. The summed E-state index contributed by atoms with van der Waals surface area (Å²) in [7, 11) is -3.15. The second kappa shape index (κ2) is 12.5. The number of nitrogens with one attached hydrogen (secondary N) is 3. The Morgan fingerprint density at radius 2 is 1.69 bits per heavy atom. The molecule has 2 aromatic carbocycles. The first-order chi connectivity index (χ1) is 17.2. The maximum Gasteiger partial charge on any atom is 0.407 e. The molecule has 3 rings (SSSR count). The summed E-state index contributed by atoms with van der Waals surface area (Å²) in [6, 6.07) is 14.3. The van der Waals surface area contributed by atoms with E-state index in [1.807, 2.05) is 47.4 Å². The van der Waals surface area contributed by atoms with Crippen LogP contribution in [0.15, 0.2) is 60.0 Å². The van der Waals surface area contributed by atoms with E-state index < -0.39 is 34.4 Å². The lowest BCUT2D eigenvalue weighted by Gasteiger charge is -2.23. The van der Waals surface area contributed by atoms with Gasteiger partial charge in [-0.25, -0.2) is 9.78 Å². The van der Waals surface area contributed by atoms with Gasteiger partial charge in [0.05, 0.1) is 29.5 Å².